The van der Waals surface area contributed by atoms with Gasteiger partial charge in [0.05, 0.1) is 6.04 Å². The quantitative estimate of drug-likeness (QED) is 0.473. The average Bonchev–Trinajstić information content (AvgIpc) is 3.34. The fourth-order valence-electron chi connectivity index (χ4n) is 5.92. The summed E-state index contributed by atoms with van der Waals surface area (Å²) in [6.07, 6.45) is 7.27. The second-order valence-electron chi connectivity index (χ2n) is 10.9. The third-order valence-corrected chi connectivity index (χ3v) is 8.05. The maximum Gasteiger partial charge on any atom is 0.240 e. The zero-order chi connectivity index (χ0) is 23.2. The Labute approximate surface area is 205 Å². The molecular formula is C28H34BrN3O. The molecule has 1 aliphatic carbocycles. The van der Waals surface area contributed by atoms with Gasteiger partial charge in [-0.1, -0.05) is 40.2 Å². The highest BCUT2D eigenvalue weighted by molar-refractivity contribution is 9.10. The number of carbonyl (C=O) groups excluding carboxylic acids is 1. The second-order valence-corrected chi connectivity index (χ2v) is 11.8. The fraction of sp³-hybridized carbons (Fsp3) is 0.464. The number of H-pyrrole nitrogens is 1. The normalized spacial score (nSPS) is 18.6. The second kappa shape index (κ2) is 8.59. The molecule has 3 aromatic rings. The van der Waals surface area contributed by atoms with Crippen LogP contribution < -0.4 is 5.32 Å². The summed E-state index contributed by atoms with van der Waals surface area (Å²) in [4.78, 5) is 19.3. The first kappa shape index (κ1) is 22.7. The Bertz CT molecular complexity index is 1170. The maximum atomic E-state index is 13.8. The number of aromatic nitrogens is 1. The van der Waals surface area contributed by atoms with Crippen molar-refractivity contribution in [1.29, 1.82) is 0 Å². The molecule has 174 valence electrons. The Balaban J connectivity index is 1.34. The number of benzene rings is 2. The van der Waals surface area contributed by atoms with E-state index >= 15 is 0 Å². The zero-order valence-electron chi connectivity index (χ0n) is 19.9. The summed E-state index contributed by atoms with van der Waals surface area (Å²) in [5.74, 6) is 0.232. The van der Waals surface area contributed by atoms with Crippen molar-refractivity contribution >= 4 is 32.7 Å². The highest BCUT2D eigenvalue weighted by Gasteiger charge is 2.42. The standard InChI is InChI=1S/C28H34BrN3O/c1-27(2,3)31-25(16-20-18-30-24-9-8-21(29)17-22(20)24)26(33)32-14-12-28(13-15-32)11-10-19-6-4-5-7-23(19)28/h4-9,17-18,25,30-31H,10-16H2,1-3H3. The van der Waals surface area contributed by atoms with Crippen LogP contribution in [0, 0.1) is 0 Å². The van der Waals surface area contributed by atoms with E-state index in [0.717, 1.165) is 35.9 Å². The molecule has 5 rings (SSSR count). The molecule has 1 aromatic heterocycles. The van der Waals surface area contributed by atoms with Crippen LogP contribution in [0.2, 0.25) is 0 Å². The summed E-state index contributed by atoms with van der Waals surface area (Å²) in [6, 6.07) is 15.0. The molecule has 2 aliphatic rings. The van der Waals surface area contributed by atoms with Gasteiger partial charge in [0.25, 0.3) is 0 Å². The number of likely N-dealkylation sites (tertiary alicyclic amines) is 1. The van der Waals surface area contributed by atoms with Crippen LogP contribution in [0.25, 0.3) is 10.9 Å². The number of hydrogen-bond acceptors (Lipinski definition) is 2. The molecule has 0 saturated carbocycles. The van der Waals surface area contributed by atoms with Gasteiger partial charge in [-0.3, -0.25) is 4.79 Å². The van der Waals surface area contributed by atoms with E-state index in [1.807, 2.05) is 6.07 Å². The van der Waals surface area contributed by atoms with Crippen molar-refractivity contribution < 1.29 is 4.79 Å². The van der Waals surface area contributed by atoms with Gasteiger partial charge in [-0.05, 0) is 93.2 Å². The molecule has 1 amide bonds. The van der Waals surface area contributed by atoms with E-state index in [0.29, 0.717) is 6.42 Å². The summed E-state index contributed by atoms with van der Waals surface area (Å²) >= 11 is 3.59. The molecule has 2 aromatic carbocycles. The van der Waals surface area contributed by atoms with Crippen LogP contribution in [-0.2, 0) is 23.1 Å². The number of nitrogens with zero attached hydrogens (tertiary/aromatic N) is 1. The van der Waals surface area contributed by atoms with Crippen LogP contribution in [0.1, 0.15) is 56.7 Å². The Morgan fingerprint density at radius 3 is 2.67 bits per heavy atom. The first-order chi connectivity index (χ1) is 15.7. The molecule has 0 radical (unpaired) electrons. The summed E-state index contributed by atoms with van der Waals surface area (Å²) in [6.45, 7) is 8.10. The molecule has 2 heterocycles. The van der Waals surface area contributed by atoms with Crippen LogP contribution in [0.4, 0.5) is 0 Å². The maximum absolute atomic E-state index is 13.8. The Hall–Kier alpha value is -2.11. The van der Waals surface area contributed by atoms with Crippen molar-refractivity contribution in [2.75, 3.05) is 13.1 Å². The topological polar surface area (TPSA) is 48.1 Å². The minimum atomic E-state index is -0.243. The van der Waals surface area contributed by atoms with Gasteiger partial charge in [0.2, 0.25) is 5.91 Å². The molecular weight excluding hydrogens is 474 g/mol. The largest absolute Gasteiger partial charge is 0.361 e. The molecule has 1 spiro atoms. The lowest BCUT2D eigenvalue weighted by atomic mass is 9.73. The van der Waals surface area contributed by atoms with Gasteiger partial charge in [-0.2, -0.15) is 0 Å². The van der Waals surface area contributed by atoms with Crippen LogP contribution in [0.3, 0.4) is 0 Å². The van der Waals surface area contributed by atoms with E-state index < -0.39 is 0 Å². The fourth-order valence-corrected chi connectivity index (χ4v) is 6.28. The minimum Gasteiger partial charge on any atom is -0.361 e. The number of rotatable bonds is 4. The van der Waals surface area contributed by atoms with Gasteiger partial charge in [-0.25, -0.2) is 0 Å². The van der Waals surface area contributed by atoms with Crippen LogP contribution in [0.5, 0.6) is 0 Å². The van der Waals surface area contributed by atoms with E-state index in [1.54, 1.807) is 0 Å². The van der Waals surface area contributed by atoms with Gasteiger partial charge in [-0.15, -0.1) is 0 Å². The molecule has 2 N–H and O–H groups in total. The summed E-state index contributed by atoms with van der Waals surface area (Å²) in [7, 11) is 0. The van der Waals surface area contributed by atoms with Gasteiger partial charge in [0.15, 0.2) is 0 Å². The minimum absolute atomic E-state index is 0.144. The lowest BCUT2D eigenvalue weighted by Crippen LogP contribution is -2.56. The number of nitrogens with one attached hydrogen (secondary N) is 2. The van der Waals surface area contributed by atoms with Crippen molar-refractivity contribution in [2.24, 2.45) is 0 Å². The lowest BCUT2D eigenvalue weighted by Gasteiger charge is -2.42. The lowest BCUT2D eigenvalue weighted by molar-refractivity contribution is -0.135. The highest BCUT2D eigenvalue weighted by Crippen LogP contribution is 2.46. The summed E-state index contributed by atoms with van der Waals surface area (Å²) < 4.78 is 1.06. The molecule has 1 aliphatic heterocycles. The van der Waals surface area contributed by atoms with Crippen LogP contribution in [-0.4, -0.2) is 40.5 Å². The molecule has 33 heavy (non-hydrogen) atoms. The van der Waals surface area contributed by atoms with Gasteiger partial charge in [0.1, 0.15) is 0 Å². The number of fused-ring (bicyclic) bond motifs is 3. The molecule has 1 fully saturated rings. The number of hydrogen-bond donors (Lipinski definition) is 2. The number of piperidine rings is 1. The molecule has 5 heteroatoms. The van der Waals surface area contributed by atoms with Crippen LogP contribution >= 0.6 is 15.9 Å². The first-order valence-corrected chi connectivity index (χ1v) is 12.9. The first-order valence-electron chi connectivity index (χ1n) is 12.1. The SMILES string of the molecule is CC(C)(C)NC(Cc1c[nH]c2ccc(Br)cc12)C(=O)N1CCC2(CCc3ccccc32)CC1. The average molecular weight is 509 g/mol. The Kier molecular flexibility index (Phi) is 5.90. The van der Waals surface area contributed by atoms with Gasteiger partial charge >= 0.3 is 0 Å². The number of aryl methyl sites for hydroxylation is 1. The highest BCUT2D eigenvalue weighted by atomic mass is 79.9. The number of amides is 1. The third kappa shape index (κ3) is 4.50. The van der Waals surface area contributed by atoms with E-state index in [2.05, 4.69) is 94.5 Å². The van der Waals surface area contributed by atoms with Crippen molar-refractivity contribution in [3.05, 3.63) is 69.8 Å². The Morgan fingerprint density at radius 1 is 1.15 bits per heavy atom. The smallest absolute Gasteiger partial charge is 0.240 e. The summed E-state index contributed by atoms with van der Waals surface area (Å²) in [5, 5.41) is 4.81. The number of aromatic amines is 1. The predicted molar refractivity (Wildman–Crippen MR) is 139 cm³/mol. The molecule has 1 saturated heterocycles. The van der Waals surface area contributed by atoms with Crippen LogP contribution in [0.15, 0.2) is 53.1 Å². The third-order valence-electron chi connectivity index (χ3n) is 7.55. The van der Waals surface area contributed by atoms with E-state index in [1.165, 1.54) is 34.9 Å². The molecule has 1 unspecified atom stereocenters. The van der Waals surface area contributed by atoms with E-state index in [4.69, 9.17) is 0 Å². The molecule has 4 nitrogen and oxygen atoms in total. The monoisotopic (exact) mass is 507 g/mol. The van der Waals surface area contributed by atoms with Crippen molar-refractivity contribution in [1.82, 2.24) is 15.2 Å². The van der Waals surface area contributed by atoms with E-state index in [-0.39, 0.29) is 22.9 Å². The van der Waals surface area contributed by atoms with Crippen molar-refractivity contribution in [3.8, 4) is 0 Å². The van der Waals surface area contributed by atoms with Gasteiger partial charge in [0, 0.05) is 40.2 Å². The Morgan fingerprint density at radius 2 is 1.91 bits per heavy atom. The summed E-state index contributed by atoms with van der Waals surface area (Å²) in [5.41, 5.74) is 5.45. The van der Waals surface area contributed by atoms with E-state index in [9.17, 15) is 4.79 Å². The molecule has 1 atom stereocenters. The molecule has 0 bridgehead atoms. The zero-order valence-corrected chi connectivity index (χ0v) is 21.5. The number of carbonyl (C=O) groups is 1. The van der Waals surface area contributed by atoms with Crippen molar-refractivity contribution in [3.63, 3.8) is 0 Å². The predicted octanol–water partition coefficient (Wildman–Crippen LogP) is 5.74. The van der Waals surface area contributed by atoms with Gasteiger partial charge < -0.3 is 15.2 Å². The van der Waals surface area contributed by atoms with Crippen molar-refractivity contribution in [2.45, 2.75) is 69.9 Å². The number of halogens is 1.